The number of anilines is 1. The molecule has 8 heteroatoms. The second-order valence-electron chi connectivity index (χ2n) is 6.74. The van der Waals surface area contributed by atoms with Crippen LogP contribution in [0.25, 0.3) is 22.1 Å². The fourth-order valence-corrected chi connectivity index (χ4v) is 3.00. The van der Waals surface area contributed by atoms with Crippen LogP contribution in [-0.2, 0) is 6.54 Å². The van der Waals surface area contributed by atoms with Gasteiger partial charge in [-0.05, 0) is 35.7 Å². The van der Waals surface area contributed by atoms with Crippen molar-refractivity contribution in [2.45, 2.75) is 26.3 Å². The highest BCUT2D eigenvalue weighted by Gasteiger charge is 2.21. The van der Waals surface area contributed by atoms with Crippen LogP contribution < -0.4 is 10.7 Å². The van der Waals surface area contributed by atoms with Crippen molar-refractivity contribution in [2.24, 2.45) is 0 Å². The number of hydrogen-bond acceptors (Lipinski definition) is 7. The van der Waals surface area contributed by atoms with E-state index in [-0.39, 0.29) is 40.5 Å². The zero-order valence-corrected chi connectivity index (χ0v) is 15.3. The standard InChI is InChI=1S/C20H17N3O5/c1-11(2)12-5-6-17-14(8-12)18(24)15-9-16(23(25)26)19(22-20(15)28-17)21-10-13-4-3-7-27-13/h3-9,11H,10H2,1-2H3,(H,21,22). The minimum atomic E-state index is -0.578. The molecule has 1 aromatic carbocycles. The Balaban J connectivity index is 1.88. The van der Waals surface area contributed by atoms with E-state index < -0.39 is 4.92 Å². The number of aromatic nitrogens is 1. The summed E-state index contributed by atoms with van der Waals surface area (Å²) < 4.78 is 11.0. The van der Waals surface area contributed by atoms with Gasteiger partial charge in [-0.15, -0.1) is 0 Å². The molecule has 28 heavy (non-hydrogen) atoms. The maximum Gasteiger partial charge on any atom is 0.312 e. The van der Waals surface area contributed by atoms with Crippen molar-refractivity contribution < 1.29 is 13.8 Å². The van der Waals surface area contributed by atoms with Gasteiger partial charge in [-0.3, -0.25) is 14.9 Å². The van der Waals surface area contributed by atoms with Crippen molar-refractivity contribution in [1.29, 1.82) is 0 Å². The van der Waals surface area contributed by atoms with Crippen molar-refractivity contribution in [3.8, 4) is 0 Å². The van der Waals surface area contributed by atoms with Crippen LogP contribution >= 0.6 is 0 Å². The van der Waals surface area contributed by atoms with Crippen LogP contribution in [0.15, 0.2) is 56.3 Å². The fourth-order valence-electron chi connectivity index (χ4n) is 3.00. The second kappa shape index (κ2) is 6.80. The monoisotopic (exact) mass is 379 g/mol. The number of nitro groups is 1. The average molecular weight is 379 g/mol. The molecule has 3 heterocycles. The highest BCUT2D eigenvalue weighted by Crippen LogP contribution is 2.29. The molecular formula is C20H17N3O5. The molecule has 0 saturated heterocycles. The summed E-state index contributed by atoms with van der Waals surface area (Å²) in [5.41, 5.74) is 0.776. The smallest absolute Gasteiger partial charge is 0.312 e. The van der Waals surface area contributed by atoms with Crippen molar-refractivity contribution in [3.05, 3.63) is 74.3 Å². The first-order valence-corrected chi connectivity index (χ1v) is 8.76. The molecule has 0 amide bonds. The number of rotatable bonds is 5. The molecular weight excluding hydrogens is 362 g/mol. The Morgan fingerprint density at radius 2 is 2.04 bits per heavy atom. The maximum absolute atomic E-state index is 12.9. The van der Waals surface area contributed by atoms with E-state index in [1.807, 2.05) is 19.9 Å². The predicted molar refractivity (Wildman–Crippen MR) is 105 cm³/mol. The Kier molecular flexibility index (Phi) is 4.31. The zero-order valence-electron chi connectivity index (χ0n) is 15.3. The lowest BCUT2D eigenvalue weighted by atomic mass is 10.0. The summed E-state index contributed by atoms with van der Waals surface area (Å²) in [7, 11) is 0. The van der Waals surface area contributed by atoms with Gasteiger partial charge in [0.2, 0.25) is 17.0 Å². The van der Waals surface area contributed by atoms with Crippen molar-refractivity contribution in [3.63, 3.8) is 0 Å². The topological polar surface area (TPSA) is 111 Å². The van der Waals surface area contributed by atoms with Gasteiger partial charge in [0.05, 0.1) is 28.5 Å². The van der Waals surface area contributed by atoms with Gasteiger partial charge in [0, 0.05) is 6.07 Å². The molecule has 0 saturated carbocycles. The first-order valence-electron chi connectivity index (χ1n) is 8.76. The van der Waals surface area contributed by atoms with Gasteiger partial charge in [-0.2, -0.15) is 4.98 Å². The third-order valence-corrected chi connectivity index (χ3v) is 4.54. The Morgan fingerprint density at radius 3 is 2.71 bits per heavy atom. The Hall–Kier alpha value is -3.68. The maximum atomic E-state index is 12.9. The van der Waals surface area contributed by atoms with E-state index in [0.717, 1.165) is 5.56 Å². The number of nitrogens with zero attached hydrogens (tertiary/aromatic N) is 2. The SMILES string of the molecule is CC(C)c1ccc2oc3nc(NCc4ccco4)c([N+](=O)[O-])cc3c(=O)c2c1. The van der Waals surface area contributed by atoms with Crippen LogP contribution in [0.5, 0.6) is 0 Å². The molecule has 0 bridgehead atoms. The molecule has 0 aliphatic rings. The molecule has 0 radical (unpaired) electrons. The van der Waals surface area contributed by atoms with E-state index in [1.165, 1.54) is 12.3 Å². The molecule has 0 aliphatic carbocycles. The van der Waals surface area contributed by atoms with E-state index in [0.29, 0.717) is 16.7 Å². The Labute approximate surface area is 158 Å². The van der Waals surface area contributed by atoms with Crippen LogP contribution in [0.4, 0.5) is 11.5 Å². The van der Waals surface area contributed by atoms with Crippen LogP contribution in [0.2, 0.25) is 0 Å². The van der Waals surface area contributed by atoms with Crippen LogP contribution in [0.1, 0.15) is 31.1 Å². The molecule has 0 aliphatic heterocycles. The zero-order chi connectivity index (χ0) is 19.8. The van der Waals surface area contributed by atoms with Gasteiger partial charge in [0.15, 0.2) is 0 Å². The number of fused-ring (bicyclic) bond motifs is 2. The summed E-state index contributed by atoms with van der Waals surface area (Å²) in [6, 6.07) is 10.0. The summed E-state index contributed by atoms with van der Waals surface area (Å²) in [5.74, 6) is 0.840. The van der Waals surface area contributed by atoms with Crippen molar-refractivity contribution >= 4 is 33.6 Å². The molecule has 142 valence electrons. The summed E-state index contributed by atoms with van der Waals surface area (Å²) in [4.78, 5) is 28.1. The third-order valence-electron chi connectivity index (χ3n) is 4.54. The molecule has 0 atom stereocenters. The first kappa shape index (κ1) is 17.7. The molecule has 4 aromatic rings. The lowest BCUT2D eigenvalue weighted by molar-refractivity contribution is -0.384. The largest absolute Gasteiger partial charge is 0.467 e. The lowest BCUT2D eigenvalue weighted by Gasteiger charge is -2.08. The number of nitrogens with one attached hydrogen (secondary N) is 1. The fraction of sp³-hybridized carbons (Fsp3) is 0.200. The third kappa shape index (κ3) is 3.09. The van der Waals surface area contributed by atoms with E-state index >= 15 is 0 Å². The summed E-state index contributed by atoms with van der Waals surface area (Å²) in [6.07, 6.45) is 1.51. The van der Waals surface area contributed by atoms with E-state index in [9.17, 15) is 14.9 Å². The van der Waals surface area contributed by atoms with E-state index in [2.05, 4.69) is 10.3 Å². The van der Waals surface area contributed by atoms with Gasteiger partial charge in [-0.1, -0.05) is 19.9 Å². The van der Waals surface area contributed by atoms with Gasteiger partial charge in [0.25, 0.3) is 0 Å². The molecule has 0 fully saturated rings. The number of hydrogen-bond donors (Lipinski definition) is 1. The normalized spacial score (nSPS) is 11.4. The van der Waals surface area contributed by atoms with Crippen LogP contribution in [-0.4, -0.2) is 9.91 Å². The minimum absolute atomic E-state index is 0.00944. The Bertz CT molecular complexity index is 1240. The highest BCUT2D eigenvalue weighted by atomic mass is 16.6. The first-order chi connectivity index (χ1) is 13.4. The number of pyridine rings is 1. The molecule has 1 N–H and O–H groups in total. The van der Waals surface area contributed by atoms with E-state index in [4.69, 9.17) is 8.83 Å². The predicted octanol–water partition coefficient (Wildman–Crippen LogP) is 4.58. The number of furan rings is 1. The molecule has 8 nitrogen and oxygen atoms in total. The van der Waals surface area contributed by atoms with Gasteiger partial charge in [0.1, 0.15) is 11.3 Å². The summed E-state index contributed by atoms with van der Waals surface area (Å²) in [6.45, 7) is 4.25. The lowest BCUT2D eigenvalue weighted by Crippen LogP contribution is -2.09. The minimum Gasteiger partial charge on any atom is -0.467 e. The second-order valence-corrected chi connectivity index (χ2v) is 6.74. The molecule has 0 spiro atoms. The Morgan fingerprint density at radius 1 is 1.21 bits per heavy atom. The van der Waals surface area contributed by atoms with Gasteiger partial charge in [-0.25, -0.2) is 0 Å². The molecule has 3 aromatic heterocycles. The number of benzene rings is 1. The quantitative estimate of drug-likeness (QED) is 0.307. The molecule has 0 unspecified atom stereocenters. The van der Waals surface area contributed by atoms with Crippen molar-refractivity contribution in [1.82, 2.24) is 4.98 Å². The van der Waals surface area contributed by atoms with Crippen LogP contribution in [0, 0.1) is 10.1 Å². The van der Waals surface area contributed by atoms with E-state index in [1.54, 1.807) is 24.3 Å². The van der Waals surface area contributed by atoms with Crippen LogP contribution in [0.3, 0.4) is 0 Å². The summed E-state index contributed by atoms with van der Waals surface area (Å²) in [5, 5.41) is 14.8. The van der Waals surface area contributed by atoms with Gasteiger partial charge < -0.3 is 14.2 Å². The van der Waals surface area contributed by atoms with Crippen molar-refractivity contribution in [2.75, 3.05) is 5.32 Å². The highest BCUT2D eigenvalue weighted by molar-refractivity contribution is 5.90. The average Bonchev–Trinajstić information content (AvgIpc) is 3.19. The van der Waals surface area contributed by atoms with Gasteiger partial charge >= 0.3 is 5.69 Å². The molecule has 4 rings (SSSR count). The summed E-state index contributed by atoms with van der Waals surface area (Å²) >= 11 is 0.